The maximum Gasteiger partial charge on any atom is 0.193 e. The second-order valence-electron chi connectivity index (χ2n) is 6.45. The van der Waals surface area contributed by atoms with Crippen LogP contribution in [-0.2, 0) is 6.42 Å². The molecule has 0 N–H and O–H groups in total. The predicted molar refractivity (Wildman–Crippen MR) is 98.9 cm³/mol. The van der Waals surface area contributed by atoms with Gasteiger partial charge in [0.15, 0.2) is 10.5 Å². The van der Waals surface area contributed by atoms with Gasteiger partial charge in [-0.05, 0) is 37.0 Å². The third-order valence-electron chi connectivity index (χ3n) is 3.87. The Kier molecular flexibility index (Phi) is 5.14. The van der Waals surface area contributed by atoms with Gasteiger partial charge in [0.2, 0.25) is 0 Å². The fourth-order valence-electron chi connectivity index (χ4n) is 2.78. The standard InChI is InChI=1S/C20H22O3S/c1-13(2)10-15-4-6-17(7-5-15)22-12-16-8-9-24-20-19(16)18(21)11-14(3)23-20/h4-8,11,13H,9-10,12H2,1-3H3. The van der Waals surface area contributed by atoms with Gasteiger partial charge in [0.05, 0.1) is 5.56 Å². The average molecular weight is 342 g/mol. The van der Waals surface area contributed by atoms with Crippen molar-refractivity contribution >= 4 is 17.3 Å². The molecule has 2 aromatic rings. The Morgan fingerprint density at radius 1 is 1.25 bits per heavy atom. The van der Waals surface area contributed by atoms with Crippen LogP contribution in [0.2, 0.25) is 0 Å². The second-order valence-corrected chi connectivity index (χ2v) is 7.45. The summed E-state index contributed by atoms with van der Waals surface area (Å²) in [4.78, 5) is 12.3. The van der Waals surface area contributed by atoms with Crippen LogP contribution in [0, 0.1) is 12.8 Å². The van der Waals surface area contributed by atoms with Crippen LogP contribution in [-0.4, -0.2) is 12.4 Å². The van der Waals surface area contributed by atoms with Crippen molar-refractivity contribution in [1.29, 1.82) is 0 Å². The second kappa shape index (κ2) is 7.31. The molecule has 24 heavy (non-hydrogen) atoms. The van der Waals surface area contributed by atoms with Crippen LogP contribution in [0.15, 0.2) is 50.7 Å². The Bertz CT molecular complexity index is 801. The van der Waals surface area contributed by atoms with Gasteiger partial charge in [-0.1, -0.05) is 43.8 Å². The van der Waals surface area contributed by atoms with Gasteiger partial charge >= 0.3 is 0 Å². The summed E-state index contributed by atoms with van der Waals surface area (Å²) >= 11 is 1.55. The largest absolute Gasteiger partial charge is 0.489 e. The Morgan fingerprint density at radius 3 is 2.71 bits per heavy atom. The fraction of sp³-hybridized carbons (Fsp3) is 0.350. The van der Waals surface area contributed by atoms with Gasteiger partial charge in [0, 0.05) is 17.4 Å². The average Bonchev–Trinajstić information content (AvgIpc) is 2.53. The van der Waals surface area contributed by atoms with Crippen LogP contribution in [0.3, 0.4) is 0 Å². The van der Waals surface area contributed by atoms with Crippen LogP contribution in [0.1, 0.15) is 30.7 Å². The van der Waals surface area contributed by atoms with Crippen molar-refractivity contribution in [2.75, 3.05) is 12.4 Å². The first-order chi connectivity index (χ1) is 11.5. The van der Waals surface area contributed by atoms with Crippen LogP contribution in [0.5, 0.6) is 5.75 Å². The number of rotatable bonds is 5. The lowest BCUT2D eigenvalue weighted by Gasteiger charge is -2.16. The van der Waals surface area contributed by atoms with Gasteiger partial charge in [-0.3, -0.25) is 4.79 Å². The normalized spacial score (nSPS) is 13.6. The third-order valence-corrected chi connectivity index (χ3v) is 4.75. The molecule has 0 saturated heterocycles. The summed E-state index contributed by atoms with van der Waals surface area (Å²) in [5, 5.41) is 0.702. The molecule has 0 radical (unpaired) electrons. The van der Waals surface area contributed by atoms with E-state index in [9.17, 15) is 4.79 Å². The summed E-state index contributed by atoms with van der Waals surface area (Å²) in [7, 11) is 0. The molecule has 0 bridgehead atoms. The number of ether oxygens (including phenoxy) is 1. The van der Waals surface area contributed by atoms with E-state index in [1.54, 1.807) is 24.8 Å². The highest BCUT2D eigenvalue weighted by Gasteiger charge is 2.20. The zero-order valence-electron chi connectivity index (χ0n) is 14.3. The molecule has 0 aliphatic carbocycles. The Labute approximate surface area is 146 Å². The van der Waals surface area contributed by atoms with Gasteiger partial charge < -0.3 is 9.15 Å². The maximum atomic E-state index is 12.3. The maximum absolute atomic E-state index is 12.3. The summed E-state index contributed by atoms with van der Waals surface area (Å²) in [5.41, 5.74) is 2.87. The van der Waals surface area contributed by atoms with Crippen LogP contribution >= 0.6 is 11.8 Å². The SMILES string of the molecule is Cc1cc(=O)c2c(o1)SCC=C2COc1ccc(CC(C)C)cc1. The summed E-state index contributed by atoms with van der Waals surface area (Å²) in [6, 6.07) is 9.74. The smallest absolute Gasteiger partial charge is 0.193 e. The van der Waals surface area contributed by atoms with Crippen molar-refractivity contribution < 1.29 is 9.15 Å². The molecule has 1 aromatic carbocycles. The van der Waals surface area contributed by atoms with E-state index in [0.29, 0.717) is 28.9 Å². The Morgan fingerprint density at radius 2 is 2.00 bits per heavy atom. The first-order valence-electron chi connectivity index (χ1n) is 8.21. The number of benzene rings is 1. The molecular formula is C20H22O3S. The number of thioether (sulfide) groups is 1. The molecule has 1 aromatic heterocycles. The minimum absolute atomic E-state index is 0.00285. The van der Waals surface area contributed by atoms with E-state index < -0.39 is 0 Å². The van der Waals surface area contributed by atoms with Crippen molar-refractivity contribution in [1.82, 2.24) is 0 Å². The van der Waals surface area contributed by atoms with E-state index in [4.69, 9.17) is 9.15 Å². The lowest BCUT2D eigenvalue weighted by atomic mass is 10.0. The van der Waals surface area contributed by atoms with E-state index in [2.05, 4.69) is 26.0 Å². The molecule has 3 nitrogen and oxygen atoms in total. The highest BCUT2D eigenvalue weighted by atomic mass is 32.2. The van der Waals surface area contributed by atoms with Crippen molar-refractivity contribution in [3.63, 3.8) is 0 Å². The lowest BCUT2D eigenvalue weighted by Crippen LogP contribution is -2.15. The summed E-state index contributed by atoms with van der Waals surface area (Å²) < 4.78 is 11.6. The minimum Gasteiger partial charge on any atom is -0.489 e. The molecule has 1 aliphatic heterocycles. The highest BCUT2D eigenvalue weighted by molar-refractivity contribution is 7.99. The van der Waals surface area contributed by atoms with Crippen LogP contribution < -0.4 is 10.2 Å². The molecule has 126 valence electrons. The van der Waals surface area contributed by atoms with Crippen molar-refractivity contribution in [2.45, 2.75) is 32.3 Å². The van der Waals surface area contributed by atoms with E-state index in [1.165, 1.54) is 5.56 Å². The molecule has 0 fully saturated rings. The zero-order valence-corrected chi connectivity index (χ0v) is 15.1. The minimum atomic E-state index is 0.00285. The molecule has 0 atom stereocenters. The van der Waals surface area contributed by atoms with Gasteiger partial charge in [-0.25, -0.2) is 0 Å². The molecule has 0 amide bonds. The van der Waals surface area contributed by atoms with Gasteiger partial charge in [-0.2, -0.15) is 0 Å². The fourth-order valence-corrected chi connectivity index (χ4v) is 3.78. The van der Waals surface area contributed by atoms with Crippen LogP contribution in [0.4, 0.5) is 0 Å². The van der Waals surface area contributed by atoms with E-state index in [1.807, 2.05) is 18.2 Å². The van der Waals surface area contributed by atoms with Crippen LogP contribution in [0.25, 0.3) is 5.57 Å². The Hall–Kier alpha value is -1.94. The lowest BCUT2D eigenvalue weighted by molar-refractivity contribution is 0.365. The number of hydrogen-bond donors (Lipinski definition) is 0. The number of aryl methyl sites for hydroxylation is 1. The summed E-state index contributed by atoms with van der Waals surface area (Å²) in [6.45, 7) is 6.60. The third kappa shape index (κ3) is 3.93. The molecule has 2 heterocycles. The summed E-state index contributed by atoms with van der Waals surface area (Å²) in [6.07, 6.45) is 3.11. The number of hydrogen-bond acceptors (Lipinski definition) is 4. The van der Waals surface area contributed by atoms with E-state index >= 15 is 0 Å². The first-order valence-corrected chi connectivity index (χ1v) is 9.20. The monoisotopic (exact) mass is 342 g/mol. The molecule has 0 saturated carbocycles. The van der Waals surface area contributed by atoms with Crippen molar-refractivity contribution in [2.24, 2.45) is 5.92 Å². The first kappa shape index (κ1) is 16.9. The summed E-state index contributed by atoms with van der Waals surface area (Å²) in [5.74, 6) is 2.90. The van der Waals surface area contributed by atoms with Gasteiger partial charge in [0.1, 0.15) is 18.1 Å². The Balaban J connectivity index is 1.72. The topological polar surface area (TPSA) is 39.4 Å². The van der Waals surface area contributed by atoms with Gasteiger partial charge in [-0.15, -0.1) is 0 Å². The van der Waals surface area contributed by atoms with E-state index in [-0.39, 0.29) is 5.43 Å². The predicted octanol–water partition coefficient (Wildman–Crippen LogP) is 4.71. The van der Waals surface area contributed by atoms with Crippen molar-refractivity contribution in [3.8, 4) is 5.75 Å². The highest BCUT2D eigenvalue weighted by Crippen LogP contribution is 2.32. The molecular weight excluding hydrogens is 320 g/mol. The molecule has 0 unspecified atom stereocenters. The molecule has 0 spiro atoms. The molecule has 4 heteroatoms. The zero-order chi connectivity index (χ0) is 17.1. The quantitative estimate of drug-likeness (QED) is 0.788. The molecule has 3 rings (SSSR count). The van der Waals surface area contributed by atoms with Crippen molar-refractivity contribution in [3.05, 3.63) is 63.5 Å². The number of fused-ring (bicyclic) bond motifs is 1. The van der Waals surface area contributed by atoms with E-state index in [0.717, 1.165) is 23.5 Å². The molecule has 1 aliphatic rings. The van der Waals surface area contributed by atoms with Gasteiger partial charge in [0.25, 0.3) is 0 Å².